The SMILES string of the molecule is CSCCC(NC(=O)C(CC(N)=O)NC(=O)C(CCC(N)=O)NC(=O)C(N)CC(=O)O)C(=O)O. The van der Waals surface area contributed by atoms with Crippen molar-refractivity contribution < 1.29 is 43.8 Å². The molecule has 0 aromatic carbocycles. The van der Waals surface area contributed by atoms with Gasteiger partial charge in [-0.15, -0.1) is 0 Å². The number of carbonyl (C=O) groups is 7. The van der Waals surface area contributed by atoms with Crippen LogP contribution in [0.2, 0.25) is 0 Å². The molecular formula is C18H30N6O9S. The van der Waals surface area contributed by atoms with Crippen molar-refractivity contribution in [2.45, 2.75) is 56.3 Å². The Kier molecular flexibility index (Phi) is 13.9. The van der Waals surface area contributed by atoms with Crippen molar-refractivity contribution in [2.75, 3.05) is 12.0 Å². The van der Waals surface area contributed by atoms with E-state index >= 15 is 0 Å². The zero-order valence-electron chi connectivity index (χ0n) is 18.4. The molecule has 0 aliphatic heterocycles. The number of aliphatic carboxylic acids is 2. The van der Waals surface area contributed by atoms with Crippen LogP contribution in [-0.4, -0.2) is 87.9 Å². The quantitative estimate of drug-likeness (QED) is 0.0947. The van der Waals surface area contributed by atoms with Gasteiger partial charge in [-0.1, -0.05) is 0 Å². The molecule has 0 aliphatic rings. The molecule has 11 N–H and O–H groups in total. The van der Waals surface area contributed by atoms with Crippen LogP contribution >= 0.6 is 11.8 Å². The lowest BCUT2D eigenvalue weighted by Crippen LogP contribution is -2.58. The largest absolute Gasteiger partial charge is 0.481 e. The third-order valence-corrected chi connectivity index (χ3v) is 4.95. The Morgan fingerprint density at radius 2 is 1.29 bits per heavy atom. The molecule has 0 aliphatic carbocycles. The van der Waals surface area contributed by atoms with Gasteiger partial charge in [0.05, 0.1) is 18.9 Å². The molecule has 34 heavy (non-hydrogen) atoms. The number of hydrogen-bond donors (Lipinski definition) is 8. The van der Waals surface area contributed by atoms with Gasteiger partial charge < -0.3 is 43.4 Å². The molecule has 0 rings (SSSR count). The fraction of sp³-hybridized carbons (Fsp3) is 0.611. The number of thioether (sulfide) groups is 1. The fourth-order valence-corrected chi connectivity index (χ4v) is 3.03. The Bertz CT molecular complexity index is 794. The third kappa shape index (κ3) is 12.6. The molecule has 4 unspecified atom stereocenters. The number of carboxylic acid groups (broad SMARTS) is 2. The van der Waals surface area contributed by atoms with Crippen LogP contribution in [0.4, 0.5) is 0 Å². The lowest BCUT2D eigenvalue weighted by atomic mass is 10.1. The number of nitrogens with one attached hydrogen (secondary N) is 3. The van der Waals surface area contributed by atoms with Crippen molar-refractivity contribution in [2.24, 2.45) is 17.2 Å². The Morgan fingerprint density at radius 3 is 1.76 bits per heavy atom. The van der Waals surface area contributed by atoms with E-state index in [1.165, 1.54) is 11.8 Å². The summed E-state index contributed by atoms with van der Waals surface area (Å²) in [6.07, 6.45) is -0.327. The Morgan fingerprint density at radius 1 is 0.765 bits per heavy atom. The Hall–Kier alpha value is -3.40. The van der Waals surface area contributed by atoms with Gasteiger partial charge in [-0.2, -0.15) is 11.8 Å². The molecule has 15 nitrogen and oxygen atoms in total. The summed E-state index contributed by atoms with van der Waals surface area (Å²) in [7, 11) is 0. The monoisotopic (exact) mass is 506 g/mol. The van der Waals surface area contributed by atoms with Crippen LogP contribution in [0.1, 0.15) is 32.1 Å². The van der Waals surface area contributed by atoms with Crippen LogP contribution in [-0.2, 0) is 33.6 Å². The summed E-state index contributed by atoms with van der Waals surface area (Å²) in [6, 6.07) is -5.89. The summed E-state index contributed by atoms with van der Waals surface area (Å²) in [5, 5.41) is 24.6. The molecule has 16 heteroatoms. The molecular weight excluding hydrogens is 476 g/mol. The molecule has 0 saturated heterocycles. The molecule has 0 radical (unpaired) electrons. The molecule has 4 atom stereocenters. The molecule has 0 aromatic heterocycles. The molecule has 0 heterocycles. The molecule has 0 saturated carbocycles. The maximum atomic E-state index is 12.7. The highest BCUT2D eigenvalue weighted by atomic mass is 32.2. The molecule has 192 valence electrons. The summed E-state index contributed by atoms with van der Waals surface area (Å²) in [5.74, 6) is -7.16. The van der Waals surface area contributed by atoms with Gasteiger partial charge >= 0.3 is 11.9 Å². The zero-order valence-corrected chi connectivity index (χ0v) is 19.3. The van der Waals surface area contributed by atoms with Crippen molar-refractivity contribution in [3.8, 4) is 0 Å². The minimum atomic E-state index is -1.60. The number of carbonyl (C=O) groups excluding carboxylic acids is 5. The van der Waals surface area contributed by atoms with Crippen molar-refractivity contribution in [3.63, 3.8) is 0 Å². The standard InChI is InChI=1S/C18H30N6O9S/c1-34-5-4-10(18(32)33)23-17(31)11(7-13(21)26)24-16(30)9(2-3-12(20)25)22-15(29)8(19)6-14(27)28/h8-11H,2-7,19H2,1H3,(H2,20,25)(H2,21,26)(H,22,29)(H,23,31)(H,24,30)(H,27,28)(H,32,33). The second kappa shape index (κ2) is 15.4. The predicted molar refractivity (Wildman–Crippen MR) is 119 cm³/mol. The van der Waals surface area contributed by atoms with Gasteiger partial charge in [0.25, 0.3) is 0 Å². The van der Waals surface area contributed by atoms with Crippen LogP contribution in [0.3, 0.4) is 0 Å². The second-order valence-electron chi connectivity index (χ2n) is 7.18. The van der Waals surface area contributed by atoms with Crippen LogP contribution in [0.15, 0.2) is 0 Å². The average molecular weight is 507 g/mol. The lowest BCUT2D eigenvalue weighted by Gasteiger charge is -2.24. The highest BCUT2D eigenvalue weighted by Crippen LogP contribution is 2.05. The zero-order chi connectivity index (χ0) is 26.4. The van der Waals surface area contributed by atoms with Gasteiger partial charge in [0.2, 0.25) is 29.5 Å². The van der Waals surface area contributed by atoms with E-state index in [4.69, 9.17) is 22.3 Å². The maximum absolute atomic E-state index is 12.7. The minimum Gasteiger partial charge on any atom is -0.481 e. The van der Waals surface area contributed by atoms with Crippen LogP contribution < -0.4 is 33.2 Å². The Labute approximate surface area is 198 Å². The summed E-state index contributed by atoms with van der Waals surface area (Å²) in [5.41, 5.74) is 15.7. The lowest BCUT2D eigenvalue weighted by molar-refractivity contribution is -0.142. The summed E-state index contributed by atoms with van der Waals surface area (Å²) < 4.78 is 0. The summed E-state index contributed by atoms with van der Waals surface area (Å²) >= 11 is 1.34. The van der Waals surface area contributed by atoms with Crippen molar-refractivity contribution in [1.29, 1.82) is 0 Å². The van der Waals surface area contributed by atoms with Gasteiger partial charge in [-0.25, -0.2) is 4.79 Å². The molecule has 5 amide bonds. The minimum absolute atomic E-state index is 0.0677. The van der Waals surface area contributed by atoms with E-state index < -0.39 is 78.5 Å². The van der Waals surface area contributed by atoms with Crippen LogP contribution in [0.25, 0.3) is 0 Å². The number of nitrogens with two attached hydrogens (primary N) is 3. The third-order valence-electron chi connectivity index (χ3n) is 4.31. The number of hydrogen-bond acceptors (Lipinski definition) is 9. The average Bonchev–Trinajstić information content (AvgIpc) is 2.71. The Balaban J connectivity index is 5.56. The second-order valence-corrected chi connectivity index (χ2v) is 8.17. The fourth-order valence-electron chi connectivity index (χ4n) is 2.56. The number of carboxylic acids is 2. The smallest absolute Gasteiger partial charge is 0.326 e. The van der Waals surface area contributed by atoms with E-state index in [1.807, 2.05) is 0 Å². The summed E-state index contributed by atoms with van der Waals surface area (Å²) in [4.78, 5) is 82.1. The van der Waals surface area contributed by atoms with Gasteiger partial charge in [-0.05, 0) is 24.9 Å². The molecule has 0 bridgehead atoms. The van der Waals surface area contributed by atoms with Gasteiger partial charge in [0, 0.05) is 6.42 Å². The van der Waals surface area contributed by atoms with E-state index in [2.05, 4.69) is 16.0 Å². The summed E-state index contributed by atoms with van der Waals surface area (Å²) in [6.45, 7) is 0. The first-order valence-electron chi connectivity index (χ1n) is 9.95. The first kappa shape index (κ1) is 30.6. The number of rotatable bonds is 17. The van der Waals surface area contributed by atoms with Gasteiger partial charge in [0.15, 0.2) is 0 Å². The number of primary amides is 2. The highest BCUT2D eigenvalue weighted by Gasteiger charge is 2.31. The van der Waals surface area contributed by atoms with E-state index in [-0.39, 0.29) is 19.3 Å². The predicted octanol–water partition coefficient (Wildman–Crippen LogP) is -3.78. The van der Waals surface area contributed by atoms with E-state index in [0.717, 1.165) is 0 Å². The molecule has 0 spiro atoms. The van der Waals surface area contributed by atoms with Crippen LogP contribution in [0.5, 0.6) is 0 Å². The topological polar surface area (TPSA) is 274 Å². The first-order valence-corrected chi connectivity index (χ1v) is 11.3. The highest BCUT2D eigenvalue weighted by molar-refractivity contribution is 7.98. The normalized spacial score (nSPS) is 14.1. The van der Waals surface area contributed by atoms with Crippen molar-refractivity contribution in [3.05, 3.63) is 0 Å². The van der Waals surface area contributed by atoms with E-state index in [0.29, 0.717) is 5.75 Å². The molecule has 0 fully saturated rings. The van der Waals surface area contributed by atoms with E-state index in [9.17, 15) is 38.7 Å². The van der Waals surface area contributed by atoms with Crippen molar-refractivity contribution in [1.82, 2.24) is 16.0 Å². The van der Waals surface area contributed by atoms with Gasteiger partial charge in [-0.3, -0.25) is 28.8 Å². The first-order chi connectivity index (χ1) is 15.8. The number of amides is 5. The van der Waals surface area contributed by atoms with E-state index in [1.54, 1.807) is 6.26 Å². The molecule has 0 aromatic rings. The maximum Gasteiger partial charge on any atom is 0.326 e. The van der Waals surface area contributed by atoms with Crippen molar-refractivity contribution >= 4 is 53.2 Å². The van der Waals surface area contributed by atoms with Crippen LogP contribution in [0, 0.1) is 0 Å². The van der Waals surface area contributed by atoms with Gasteiger partial charge in [0.1, 0.15) is 18.1 Å².